The van der Waals surface area contributed by atoms with E-state index in [9.17, 15) is 0 Å². The van der Waals surface area contributed by atoms with E-state index in [2.05, 4.69) is 49.8 Å². The molecule has 0 amide bonds. The second-order valence-corrected chi connectivity index (χ2v) is 11.2. The molecule has 2 aliphatic carbocycles. The van der Waals surface area contributed by atoms with Crippen LogP contribution in [-0.2, 0) is 13.0 Å². The van der Waals surface area contributed by atoms with Gasteiger partial charge in [0.2, 0.25) is 0 Å². The lowest BCUT2D eigenvalue weighted by molar-refractivity contribution is 0.415. The minimum Gasteiger partial charge on any atom is -0.497 e. The number of aromatic amines is 1. The molecule has 2 aromatic carbocycles. The van der Waals surface area contributed by atoms with Crippen molar-refractivity contribution in [1.29, 1.82) is 0 Å². The molecule has 1 N–H and O–H groups in total. The third-order valence-corrected chi connectivity index (χ3v) is 9.31. The number of aryl methyl sites for hydroxylation is 1. The summed E-state index contributed by atoms with van der Waals surface area (Å²) in [5.41, 5.74) is 9.18. The Bertz CT molecular complexity index is 1660. The molecule has 0 bridgehead atoms. The number of aromatic nitrogens is 4. The number of ether oxygens (including phenoxy) is 1. The molecule has 1 saturated carbocycles. The average Bonchev–Trinajstić information content (AvgIpc) is 3.50. The monoisotopic (exact) mass is 491 g/mol. The van der Waals surface area contributed by atoms with Gasteiger partial charge in [-0.1, -0.05) is 25.3 Å². The largest absolute Gasteiger partial charge is 0.497 e. The van der Waals surface area contributed by atoms with E-state index in [1.807, 2.05) is 6.07 Å². The number of nitrogens with one attached hydrogen (secondary N) is 1. The fourth-order valence-corrected chi connectivity index (χ4v) is 7.57. The summed E-state index contributed by atoms with van der Waals surface area (Å²) in [6.07, 6.45) is 12.2. The first-order chi connectivity index (χ1) is 18.3. The molecule has 3 aliphatic rings. The molecule has 1 unspecified atom stereocenters. The smallest absolute Gasteiger partial charge is 0.157 e. The van der Waals surface area contributed by atoms with Gasteiger partial charge in [-0.3, -0.25) is 0 Å². The van der Waals surface area contributed by atoms with Gasteiger partial charge in [-0.25, -0.2) is 9.97 Å². The molecular formula is C31H33N5O. The van der Waals surface area contributed by atoms with Gasteiger partial charge in [0.15, 0.2) is 5.82 Å². The molecule has 1 aliphatic heterocycles. The van der Waals surface area contributed by atoms with Crippen molar-refractivity contribution in [2.75, 3.05) is 18.6 Å². The maximum Gasteiger partial charge on any atom is 0.157 e. The van der Waals surface area contributed by atoms with Crippen molar-refractivity contribution in [3.63, 3.8) is 0 Å². The number of anilines is 1. The number of nitrogens with zero attached hydrogens (tertiary/aromatic N) is 4. The summed E-state index contributed by atoms with van der Waals surface area (Å²) >= 11 is 0. The van der Waals surface area contributed by atoms with Crippen LogP contribution in [0.3, 0.4) is 0 Å². The zero-order valence-corrected chi connectivity index (χ0v) is 21.5. The van der Waals surface area contributed by atoms with Crippen LogP contribution in [0, 0.1) is 0 Å². The number of hydrogen-bond donors (Lipinski definition) is 1. The zero-order valence-electron chi connectivity index (χ0n) is 21.5. The second-order valence-electron chi connectivity index (χ2n) is 11.2. The van der Waals surface area contributed by atoms with E-state index < -0.39 is 0 Å². The lowest BCUT2D eigenvalue weighted by Gasteiger charge is -2.40. The first kappa shape index (κ1) is 21.5. The Morgan fingerprint density at radius 2 is 1.84 bits per heavy atom. The number of hydrogen-bond acceptors (Lipinski definition) is 4. The Balaban J connectivity index is 1.25. The molecule has 8 rings (SSSR count). The predicted molar refractivity (Wildman–Crippen MR) is 149 cm³/mol. The van der Waals surface area contributed by atoms with E-state index in [1.54, 1.807) is 24.6 Å². The fourth-order valence-electron chi connectivity index (χ4n) is 7.57. The lowest BCUT2D eigenvalue weighted by Crippen LogP contribution is -2.40. The van der Waals surface area contributed by atoms with E-state index in [0.29, 0.717) is 6.04 Å². The van der Waals surface area contributed by atoms with Gasteiger partial charge in [0.05, 0.1) is 13.2 Å². The normalized spacial score (nSPS) is 20.1. The van der Waals surface area contributed by atoms with Crippen LogP contribution in [0.25, 0.3) is 32.8 Å². The Kier molecular flexibility index (Phi) is 4.79. The number of H-pyrrole nitrogens is 1. The van der Waals surface area contributed by atoms with Gasteiger partial charge in [0.1, 0.15) is 23.1 Å². The highest BCUT2D eigenvalue weighted by Gasteiger charge is 2.36. The maximum atomic E-state index is 5.49. The highest BCUT2D eigenvalue weighted by atomic mass is 16.5. The van der Waals surface area contributed by atoms with Gasteiger partial charge in [0, 0.05) is 40.6 Å². The highest BCUT2D eigenvalue weighted by Crippen LogP contribution is 2.46. The van der Waals surface area contributed by atoms with Crippen molar-refractivity contribution in [2.45, 2.75) is 69.9 Å². The molecule has 37 heavy (non-hydrogen) atoms. The van der Waals surface area contributed by atoms with E-state index in [4.69, 9.17) is 9.72 Å². The Morgan fingerprint density at radius 3 is 2.73 bits per heavy atom. The molecule has 6 nitrogen and oxygen atoms in total. The molecule has 4 heterocycles. The highest BCUT2D eigenvalue weighted by molar-refractivity contribution is 6.08. The topological polar surface area (TPSA) is 59.0 Å². The van der Waals surface area contributed by atoms with E-state index in [1.165, 1.54) is 68.0 Å². The first-order valence-electron chi connectivity index (χ1n) is 14.0. The molecule has 3 aromatic heterocycles. The van der Waals surface area contributed by atoms with E-state index in [0.717, 1.165) is 52.5 Å². The van der Waals surface area contributed by atoms with Crippen LogP contribution in [0.1, 0.15) is 73.7 Å². The fraction of sp³-hybridized carbons (Fsp3) is 0.419. The van der Waals surface area contributed by atoms with Crippen LogP contribution >= 0.6 is 0 Å². The van der Waals surface area contributed by atoms with Gasteiger partial charge in [-0.2, -0.15) is 0 Å². The maximum absolute atomic E-state index is 5.49. The van der Waals surface area contributed by atoms with Crippen molar-refractivity contribution in [1.82, 2.24) is 19.5 Å². The molecule has 5 aromatic rings. The predicted octanol–water partition coefficient (Wildman–Crippen LogP) is 7.02. The van der Waals surface area contributed by atoms with Crippen molar-refractivity contribution >= 4 is 38.7 Å². The summed E-state index contributed by atoms with van der Waals surface area (Å²) in [7, 11) is 1.71. The Morgan fingerprint density at radius 1 is 0.919 bits per heavy atom. The molecule has 0 radical (unpaired) electrons. The van der Waals surface area contributed by atoms with Crippen molar-refractivity contribution in [3.05, 3.63) is 59.5 Å². The van der Waals surface area contributed by atoms with Crippen molar-refractivity contribution < 1.29 is 4.74 Å². The third kappa shape index (κ3) is 3.17. The third-order valence-electron chi connectivity index (χ3n) is 9.31. The molecule has 188 valence electrons. The van der Waals surface area contributed by atoms with Crippen LogP contribution in [0.5, 0.6) is 5.75 Å². The van der Waals surface area contributed by atoms with Gasteiger partial charge in [-0.15, -0.1) is 0 Å². The minimum atomic E-state index is 0.349. The van der Waals surface area contributed by atoms with Crippen molar-refractivity contribution in [3.8, 4) is 5.75 Å². The van der Waals surface area contributed by atoms with Crippen LogP contribution in [-0.4, -0.2) is 33.2 Å². The standard InChI is InChI=1S/C31H33N5O/c1-37-21-11-12-25-24(17-21)28-29(34-25)31(33-18-32-28)36-15-14-35-26-13-10-20(19-6-3-2-4-7-19)16-23(26)22-8-5-9-27(36)30(22)35/h10-13,16-19,27,34H,2-9,14-15H2,1H3. The average molecular weight is 492 g/mol. The lowest BCUT2D eigenvalue weighted by atomic mass is 9.83. The SMILES string of the molecule is COc1ccc2[nH]c3c(N4CCn5c6c(c7cc(C8CCCCC8)ccc75)CCCC64)ncnc3c2c1. The van der Waals surface area contributed by atoms with Crippen LogP contribution in [0.15, 0.2) is 42.7 Å². The molecule has 6 heteroatoms. The summed E-state index contributed by atoms with van der Waals surface area (Å²) in [5.74, 6) is 2.62. The van der Waals surface area contributed by atoms with Gasteiger partial charge in [-0.05, 0) is 79.5 Å². The van der Waals surface area contributed by atoms with Crippen LogP contribution in [0.4, 0.5) is 5.82 Å². The number of benzene rings is 2. The Labute approximate surface area is 216 Å². The number of methoxy groups -OCH3 is 1. The first-order valence-corrected chi connectivity index (χ1v) is 14.0. The van der Waals surface area contributed by atoms with Gasteiger partial charge < -0.3 is 19.2 Å². The van der Waals surface area contributed by atoms with E-state index >= 15 is 0 Å². The Hall–Kier alpha value is -3.54. The minimum absolute atomic E-state index is 0.349. The van der Waals surface area contributed by atoms with Crippen LogP contribution < -0.4 is 9.64 Å². The second kappa shape index (κ2) is 8.23. The molecule has 0 saturated heterocycles. The van der Waals surface area contributed by atoms with Gasteiger partial charge in [0.25, 0.3) is 0 Å². The molecular weight excluding hydrogens is 458 g/mol. The molecule has 1 atom stereocenters. The molecule has 1 fully saturated rings. The summed E-state index contributed by atoms with van der Waals surface area (Å²) in [4.78, 5) is 15.7. The van der Waals surface area contributed by atoms with Crippen molar-refractivity contribution in [2.24, 2.45) is 0 Å². The van der Waals surface area contributed by atoms with E-state index in [-0.39, 0.29) is 0 Å². The zero-order chi connectivity index (χ0) is 24.5. The number of rotatable bonds is 3. The van der Waals surface area contributed by atoms with Gasteiger partial charge >= 0.3 is 0 Å². The summed E-state index contributed by atoms with van der Waals surface area (Å²) in [6.45, 7) is 1.95. The summed E-state index contributed by atoms with van der Waals surface area (Å²) in [6, 6.07) is 13.9. The summed E-state index contributed by atoms with van der Waals surface area (Å²) in [5, 5.41) is 2.60. The number of fused-ring (bicyclic) bond motifs is 6. The summed E-state index contributed by atoms with van der Waals surface area (Å²) < 4.78 is 8.12. The quantitative estimate of drug-likeness (QED) is 0.295. The van der Waals surface area contributed by atoms with Crippen LogP contribution in [0.2, 0.25) is 0 Å². The molecule has 0 spiro atoms.